The highest BCUT2D eigenvalue weighted by atomic mass is 14.7. The Balaban J connectivity index is 3.82. The summed E-state index contributed by atoms with van der Waals surface area (Å²) in [4.78, 5) is 0. The van der Waals surface area contributed by atoms with Gasteiger partial charge in [0.05, 0.1) is 0 Å². The molecule has 0 rings (SSSR count). The lowest BCUT2D eigenvalue weighted by molar-refractivity contribution is 0.295. The van der Waals surface area contributed by atoms with Crippen LogP contribution in [0.25, 0.3) is 0 Å². The standard InChI is InChI=1S/C14H31N/c1-5-7-8-9-11-13(10-6-2)14(15)12(3)4/h12-14H,5-11,15H2,1-4H3. The zero-order valence-corrected chi connectivity index (χ0v) is 11.3. The van der Waals surface area contributed by atoms with Crippen molar-refractivity contribution in [3.8, 4) is 0 Å². The molecule has 92 valence electrons. The molecule has 2 atom stereocenters. The van der Waals surface area contributed by atoms with Crippen LogP contribution in [-0.2, 0) is 0 Å². The molecule has 0 saturated carbocycles. The Labute approximate surface area is 96.8 Å². The molecule has 0 spiro atoms. The topological polar surface area (TPSA) is 26.0 Å². The lowest BCUT2D eigenvalue weighted by Gasteiger charge is -2.26. The van der Waals surface area contributed by atoms with Crippen LogP contribution < -0.4 is 5.73 Å². The van der Waals surface area contributed by atoms with E-state index in [-0.39, 0.29) is 0 Å². The van der Waals surface area contributed by atoms with Crippen molar-refractivity contribution in [1.29, 1.82) is 0 Å². The van der Waals surface area contributed by atoms with Crippen molar-refractivity contribution in [2.24, 2.45) is 17.6 Å². The second-order valence-electron chi connectivity index (χ2n) is 5.22. The normalized spacial score (nSPS) is 15.6. The van der Waals surface area contributed by atoms with Crippen LogP contribution in [-0.4, -0.2) is 6.04 Å². The highest BCUT2D eigenvalue weighted by Crippen LogP contribution is 2.22. The first-order valence-corrected chi connectivity index (χ1v) is 6.89. The molecule has 1 nitrogen and oxygen atoms in total. The molecule has 0 aliphatic carbocycles. The molecule has 2 unspecified atom stereocenters. The number of nitrogens with two attached hydrogens (primary N) is 1. The number of hydrogen-bond donors (Lipinski definition) is 1. The summed E-state index contributed by atoms with van der Waals surface area (Å²) < 4.78 is 0. The number of unbranched alkanes of at least 4 members (excludes halogenated alkanes) is 3. The van der Waals surface area contributed by atoms with Crippen LogP contribution in [0, 0.1) is 11.8 Å². The molecule has 0 amide bonds. The van der Waals surface area contributed by atoms with E-state index >= 15 is 0 Å². The highest BCUT2D eigenvalue weighted by molar-refractivity contribution is 4.75. The molecular formula is C14H31N. The van der Waals surface area contributed by atoms with Crippen LogP contribution in [0.3, 0.4) is 0 Å². The summed E-state index contributed by atoms with van der Waals surface area (Å²) in [6.45, 7) is 9.04. The van der Waals surface area contributed by atoms with E-state index in [4.69, 9.17) is 5.73 Å². The van der Waals surface area contributed by atoms with Crippen LogP contribution in [0.15, 0.2) is 0 Å². The van der Waals surface area contributed by atoms with E-state index in [1.165, 1.54) is 44.9 Å². The van der Waals surface area contributed by atoms with Crippen molar-refractivity contribution in [2.45, 2.75) is 78.7 Å². The maximum Gasteiger partial charge on any atom is 0.00903 e. The minimum absolute atomic E-state index is 0.409. The van der Waals surface area contributed by atoms with Gasteiger partial charge in [-0.1, -0.05) is 59.8 Å². The minimum atomic E-state index is 0.409. The van der Waals surface area contributed by atoms with Crippen molar-refractivity contribution in [1.82, 2.24) is 0 Å². The second kappa shape index (κ2) is 9.21. The summed E-state index contributed by atoms with van der Waals surface area (Å²) in [6.07, 6.45) is 9.41. The monoisotopic (exact) mass is 213 g/mol. The minimum Gasteiger partial charge on any atom is -0.327 e. The van der Waals surface area contributed by atoms with E-state index < -0.39 is 0 Å². The molecule has 0 aromatic heterocycles. The molecule has 0 aliphatic rings. The van der Waals surface area contributed by atoms with Gasteiger partial charge in [-0.3, -0.25) is 0 Å². The van der Waals surface area contributed by atoms with E-state index in [1.807, 2.05) is 0 Å². The first kappa shape index (κ1) is 15.0. The summed E-state index contributed by atoms with van der Waals surface area (Å²) in [7, 11) is 0. The average molecular weight is 213 g/mol. The van der Waals surface area contributed by atoms with Crippen molar-refractivity contribution in [3.05, 3.63) is 0 Å². The quantitative estimate of drug-likeness (QED) is 0.566. The zero-order chi connectivity index (χ0) is 11.7. The first-order chi connectivity index (χ1) is 7.13. The Bertz CT molecular complexity index is 131. The Hall–Kier alpha value is -0.0400. The molecule has 0 bridgehead atoms. The smallest absolute Gasteiger partial charge is 0.00903 e. The fraction of sp³-hybridized carbons (Fsp3) is 1.00. The Kier molecular flexibility index (Phi) is 9.18. The van der Waals surface area contributed by atoms with Crippen molar-refractivity contribution in [2.75, 3.05) is 0 Å². The Morgan fingerprint density at radius 1 is 0.867 bits per heavy atom. The van der Waals surface area contributed by atoms with Crippen LogP contribution in [0.4, 0.5) is 0 Å². The molecule has 0 fully saturated rings. The van der Waals surface area contributed by atoms with Gasteiger partial charge in [0.1, 0.15) is 0 Å². The molecule has 1 heteroatoms. The van der Waals surface area contributed by atoms with Gasteiger partial charge in [0.25, 0.3) is 0 Å². The maximum absolute atomic E-state index is 6.26. The summed E-state index contributed by atoms with van der Waals surface area (Å²) in [5.74, 6) is 1.39. The van der Waals surface area contributed by atoms with Crippen LogP contribution in [0.1, 0.15) is 72.6 Å². The zero-order valence-electron chi connectivity index (χ0n) is 11.3. The predicted molar refractivity (Wildman–Crippen MR) is 70.0 cm³/mol. The van der Waals surface area contributed by atoms with E-state index in [2.05, 4.69) is 27.7 Å². The maximum atomic E-state index is 6.26. The van der Waals surface area contributed by atoms with Gasteiger partial charge < -0.3 is 5.73 Å². The van der Waals surface area contributed by atoms with Gasteiger partial charge in [-0.25, -0.2) is 0 Å². The largest absolute Gasteiger partial charge is 0.327 e. The lowest BCUT2D eigenvalue weighted by Crippen LogP contribution is -2.35. The summed E-state index contributed by atoms with van der Waals surface area (Å²) in [5, 5.41) is 0. The van der Waals surface area contributed by atoms with Gasteiger partial charge in [-0.05, 0) is 24.7 Å². The third kappa shape index (κ3) is 6.94. The molecular weight excluding hydrogens is 182 g/mol. The van der Waals surface area contributed by atoms with Crippen molar-refractivity contribution >= 4 is 0 Å². The molecule has 0 aromatic carbocycles. The van der Waals surface area contributed by atoms with E-state index in [1.54, 1.807) is 0 Å². The van der Waals surface area contributed by atoms with Gasteiger partial charge in [-0.2, -0.15) is 0 Å². The van der Waals surface area contributed by atoms with E-state index in [9.17, 15) is 0 Å². The molecule has 0 radical (unpaired) electrons. The van der Waals surface area contributed by atoms with Gasteiger partial charge >= 0.3 is 0 Å². The van der Waals surface area contributed by atoms with Gasteiger partial charge in [0.15, 0.2) is 0 Å². The van der Waals surface area contributed by atoms with Crippen LogP contribution in [0.2, 0.25) is 0 Å². The molecule has 2 N–H and O–H groups in total. The second-order valence-corrected chi connectivity index (χ2v) is 5.22. The fourth-order valence-corrected chi connectivity index (χ4v) is 2.28. The predicted octanol–water partition coefficient (Wildman–Crippen LogP) is 4.36. The van der Waals surface area contributed by atoms with Gasteiger partial charge in [0.2, 0.25) is 0 Å². The molecule has 0 aromatic rings. The first-order valence-electron chi connectivity index (χ1n) is 6.89. The number of hydrogen-bond acceptors (Lipinski definition) is 1. The van der Waals surface area contributed by atoms with Gasteiger partial charge in [-0.15, -0.1) is 0 Å². The molecule has 15 heavy (non-hydrogen) atoms. The molecule has 0 saturated heterocycles. The third-order valence-electron chi connectivity index (χ3n) is 3.40. The molecule has 0 heterocycles. The van der Waals surface area contributed by atoms with Crippen LogP contribution >= 0.6 is 0 Å². The summed E-state index contributed by atoms with van der Waals surface area (Å²) in [6, 6.07) is 0.409. The Morgan fingerprint density at radius 2 is 1.53 bits per heavy atom. The Morgan fingerprint density at radius 3 is 2.00 bits per heavy atom. The number of rotatable bonds is 9. The summed E-state index contributed by atoms with van der Waals surface area (Å²) >= 11 is 0. The SMILES string of the molecule is CCCCCCC(CCC)C(N)C(C)C. The average Bonchev–Trinajstić information content (AvgIpc) is 2.21. The van der Waals surface area contributed by atoms with E-state index in [0.29, 0.717) is 12.0 Å². The summed E-state index contributed by atoms with van der Waals surface area (Å²) in [5.41, 5.74) is 6.26. The third-order valence-corrected chi connectivity index (χ3v) is 3.40. The fourth-order valence-electron chi connectivity index (χ4n) is 2.28. The van der Waals surface area contributed by atoms with E-state index in [0.717, 1.165) is 5.92 Å². The van der Waals surface area contributed by atoms with Gasteiger partial charge in [0, 0.05) is 6.04 Å². The highest BCUT2D eigenvalue weighted by Gasteiger charge is 2.19. The van der Waals surface area contributed by atoms with Crippen molar-refractivity contribution < 1.29 is 0 Å². The molecule has 0 aliphatic heterocycles. The van der Waals surface area contributed by atoms with Crippen LogP contribution in [0.5, 0.6) is 0 Å². The van der Waals surface area contributed by atoms with Crippen molar-refractivity contribution in [3.63, 3.8) is 0 Å². The lowest BCUT2D eigenvalue weighted by atomic mass is 9.84.